The SMILES string of the molecule is Cc1ccc(N(C)c2ccc(F)cc2CC(C)N)c(C)c1. The highest BCUT2D eigenvalue weighted by Crippen LogP contribution is 2.31. The van der Waals surface area contributed by atoms with Crippen LogP contribution in [0.15, 0.2) is 36.4 Å². The molecule has 0 radical (unpaired) electrons. The molecule has 0 aromatic heterocycles. The number of hydrogen-bond donors (Lipinski definition) is 1. The average molecular weight is 286 g/mol. The second kappa shape index (κ2) is 6.27. The van der Waals surface area contributed by atoms with Gasteiger partial charge in [0.15, 0.2) is 0 Å². The number of hydrogen-bond acceptors (Lipinski definition) is 2. The summed E-state index contributed by atoms with van der Waals surface area (Å²) in [5, 5.41) is 0. The first-order chi connectivity index (χ1) is 9.88. The predicted molar refractivity (Wildman–Crippen MR) is 87.7 cm³/mol. The van der Waals surface area contributed by atoms with Gasteiger partial charge in [0.2, 0.25) is 0 Å². The molecule has 0 amide bonds. The molecule has 112 valence electrons. The van der Waals surface area contributed by atoms with Crippen molar-refractivity contribution in [2.24, 2.45) is 5.73 Å². The van der Waals surface area contributed by atoms with E-state index < -0.39 is 0 Å². The summed E-state index contributed by atoms with van der Waals surface area (Å²) in [4.78, 5) is 2.10. The van der Waals surface area contributed by atoms with Crippen LogP contribution in [0.1, 0.15) is 23.6 Å². The van der Waals surface area contributed by atoms with Crippen molar-refractivity contribution in [3.63, 3.8) is 0 Å². The van der Waals surface area contributed by atoms with E-state index in [0.29, 0.717) is 6.42 Å². The van der Waals surface area contributed by atoms with Crippen LogP contribution < -0.4 is 10.6 Å². The lowest BCUT2D eigenvalue weighted by Crippen LogP contribution is -2.20. The molecule has 0 saturated carbocycles. The Hall–Kier alpha value is -1.87. The van der Waals surface area contributed by atoms with Crippen molar-refractivity contribution in [3.05, 3.63) is 58.9 Å². The van der Waals surface area contributed by atoms with Crippen LogP contribution in [-0.4, -0.2) is 13.1 Å². The summed E-state index contributed by atoms with van der Waals surface area (Å²) in [6, 6.07) is 11.3. The van der Waals surface area contributed by atoms with E-state index in [0.717, 1.165) is 16.9 Å². The third-order valence-corrected chi connectivity index (χ3v) is 3.66. The Balaban J connectivity index is 2.44. The molecule has 2 aromatic rings. The Morgan fingerprint density at radius 1 is 1.10 bits per heavy atom. The van der Waals surface area contributed by atoms with Crippen LogP contribution in [0.25, 0.3) is 0 Å². The molecule has 2 aromatic carbocycles. The fourth-order valence-corrected chi connectivity index (χ4v) is 2.70. The first kappa shape index (κ1) is 15.5. The summed E-state index contributed by atoms with van der Waals surface area (Å²) in [5.74, 6) is -0.219. The van der Waals surface area contributed by atoms with Crippen LogP contribution >= 0.6 is 0 Å². The highest BCUT2D eigenvalue weighted by molar-refractivity contribution is 5.68. The van der Waals surface area contributed by atoms with Gasteiger partial charge in [0, 0.05) is 24.5 Å². The molecule has 0 bridgehead atoms. The van der Waals surface area contributed by atoms with Gasteiger partial charge in [0.25, 0.3) is 0 Å². The molecule has 0 aliphatic heterocycles. The third kappa shape index (κ3) is 3.61. The molecule has 0 aliphatic rings. The average Bonchev–Trinajstić information content (AvgIpc) is 2.37. The Bertz CT molecular complexity index is 635. The molecule has 2 nitrogen and oxygen atoms in total. The van der Waals surface area contributed by atoms with Gasteiger partial charge in [-0.3, -0.25) is 0 Å². The number of rotatable bonds is 4. The Kier molecular flexibility index (Phi) is 4.63. The van der Waals surface area contributed by atoms with Crippen LogP contribution in [0, 0.1) is 19.7 Å². The van der Waals surface area contributed by atoms with Gasteiger partial charge in [-0.15, -0.1) is 0 Å². The Morgan fingerprint density at radius 2 is 1.76 bits per heavy atom. The van der Waals surface area contributed by atoms with Crippen LogP contribution in [0.2, 0.25) is 0 Å². The van der Waals surface area contributed by atoms with Gasteiger partial charge < -0.3 is 10.6 Å². The summed E-state index contributed by atoms with van der Waals surface area (Å²) in [7, 11) is 2.01. The molecule has 0 saturated heterocycles. The summed E-state index contributed by atoms with van der Waals surface area (Å²) < 4.78 is 13.5. The number of benzene rings is 2. The van der Waals surface area contributed by atoms with E-state index in [9.17, 15) is 4.39 Å². The zero-order valence-corrected chi connectivity index (χ0v) is 13.2. The monoisotopic (exact) mass is 286 g/mol. The molecule has 1 unspecified atom stereocenters. The number of halogens is 1. The normalized spacial score (nSPS) is 12.3. The van der Waals surface area contributed by atoms with Crippen molar-refractivity contribution in [2.45, 2.75) is 33.2 Å². The minimum Gasteiger partial charge on any atom is -0.344 e. The van der Waals surface area contributed by atoms with Crippen molar-refractivity contribution in [1.29, 1.82) is 0 Å². The smallest absolute Gasteiger partial charge is 0.123 e. The number of nitrogens with zero attached hydrogens (tertiary/aromatic N) is 1. The second-order valence-electron chi connectivity index (χ2n) is 5.80. The van der Waals surface area contributed by atoms with Gasteiger partial charge >= 0.3 is 0 Å². The molecule has 2 rings (SSSR count). The molecule has 0 fully saturated rings. The van der Waals surface area contributed by atoms with Gasteiger partial charge in [-0.2, -0.15) is 0 Å². The van der Waals surface area contributed by atoms with Gasteiger partial charge in [-0.1, -0.05) is 17.7 Å². The zero-order chi connectivity index (χ0) is 15.6. The van der Waals surface area contributed by atoms with Gasteiger partial charge in [-0.25, -0.2) is 4.39 Å². The lowest BCUT2D eigenvalue weighted by molar-refractivity contribution is 0.622. The molecule has 0 heterocycles. The molecular formula is C18H23FN2. The van der Waals surface area contributed by atoms with Crippen LogP contribution in [0.4, 0.5) is 15.8 Å². The lowest BCUT2D eigenvalue weighted by atomic mass is 10.0. The number of nitrogens with two attached hydrogens (primary N) is 1. The molecule has 3 heteroatoms. The molecule has 0 spiro atoms. The largest absolute Gasteiger partial charge is 0.344 e. The standard InChI is InChI=1S/C18H23FN2/c1-12-5-7-17(13(2)9-12)21(4)18-8-6-16(19)11-15(18)10-14(3)20/h5-9,11,14H,10,20H2,1-4H3. The maximum absolute atomic E-state index is 13.5. The van der Waals surface area contributed by atoms with E-state index in [4.69, 9.17) is 5.73 Å². The van der Waals surface area contributed by atoms with E-state index >= 15 is 0 Å². The van der Waals surface area contributed by atoms with Crippen molar-refractivity contribution in [3.8, 4) is 0 Å². The predicted octanol–water partition coefficient (Wildman–Crippen LogP) is 4.10. The molecule has 1 atom stereocenters. The highest BCUT2D eigenvalue weighted by Gasteiger charge is 2.13. The van der Waals surface area contributed by atoms with Crippen LogP contribution in [-0.2, 0) is 6.42 Å². The highest BCUT2D eigenvalue weighted by atomic mass is 19.1. The molecular weight excluding hydrogens is 263 g/mol. The van der Waals surface area contributed by atoms with Crippen molar-refractivity contribution < 1.29 is 4.39 Å². The van der Waals surface area contributed by atoms with Gasteiger partial charge in [-0.05, 0) is 62.6 Å². The Labute approximate surface area is 126 Å². The topological polar surface area (TPSA) is 29.3 Å². The van der Waals surface area contributed by atoms with Crippen LogP contribution in [0.3, 0.4) is 0 Å². The minimum atomic E-state index is -0.219. The maximum atomic E-state index is 13.5. The first-order valence-electron chi connectivity index (χ1n) is 7.23. The zero-order valence-electron chi connectivity index (χ0n) is 13.2. The first-order valence-corrected chi connectivity index (χ1v) is 7.23. The van der Waals surface area contributed by atoms with Crippen molar-refractivity contribution in [1.82, 2.24) is 0 Å². The van der Waals surface area contributed by atoms with Crippen LogP contribution in [0.5, 0.6) is 0 Å². The van der Waals surface area contributed by atoms with Crippen molar-refractivity contribution in [2.75, 3.05) is 11.9 Å². The third-order valence-electron chi connectivity index (χ3n) is 3.66. The van der Waals surface area contributed by atoms with Gasteiger partial charge in [0.05, 0.1) is 0 Å². The summed E-state index contributed by atoms with van der Waals surface area (Å²) >= 11 is 0. The summed E-state index contributed by atoms with van der Waals surface area (Å²) in [6.07, 6.45) is 0.655. The summed E-state index contributed by atoms with van der Waals surface area (Å²) in [5.41, 5.74) is 11.4. The van der Waals surface area contributed by atoms with E-state index in [1.165, 1.54) is 17.2 Å². The summed E-state index contributed by atoms with van der Waals surface area (Å²) in [6.45, 7) is 6.11. The lowest BCUT2D eigenvalue weighted by Gasteiger charge is -2.25. The maximum Gasteiger partial charge on any atom is 0.123 e. The fourth-order valence-electron chi connectivity index (χ4n) is 2.70. The minimum absolute atomic E-state index is 0.00179. The molecule has 21 heavy (non-hydrogen) atoms. The fraction of sp³-hybridized carbons (Fsp3) is 0.333. The van der Waals surface area contributed by atoms with E-state index in [1.54, 1.807) is 6.07 Å². The number of aryl methyl sites for hydroxylation is 2. The van der Waals surface area contributed by atoms with Crippen molar-refractivity contribution >= 4 is 11.4 Å². The Morgan fingerprint density at radius 3 is 2.38 bits per heavy atom. The molecule has 0 aliphatic carbocycles. The second-order valence-corrected chi connectivity index (χ2v) is 5.80. The number of anilines is 2. The quantitative estimate of drug-likeness (QED) is 0.917. The van der Waals surface area contributed by atoms with E-state index in [1.807, 2.05) is 20.0 Å². The van der Waals surface area contributed by atoms with Gasteiger partial charge in [0.1, 0.15) is 5.82 Å². The van der Waals surface area contributed by atoms with E-state index in [2.05, 4.69) is 36.9 Å². The van der Waals surface area contributed by atoms with E-state index in [-0.39, 0.29) is 11.9 Å². The molecule has 2 N–H and O–H groups in total.